The van der Waals surface area contributed by atoms with E-state index in [0.717, 1.165) is 44.6 Å². The van der Waals surface area contributed by atoms with E-state index in [-0.39, 0.29) is 33.2 Å². The summed E-state index contributed by atoms with van der Waals surface area (Å²) < 4.78 is 0. The highest BCUT2D eigenvalue weighted by Crippen LogP contribution is 2.42. The molecule has 0 radical (unpaired) electrons. The SMILES string of the molecule is CC(C)(C)C1=CC(=C/N=N/c2cc(Cl)ccc2-c2ccc(Cl)cc2/N=N/C=C2C=C(C(C)(C)C)C(=O)C(C(C)(C)C)=C2)C=C(C(C)(C)C)C1=O. The average molecular weight is 712 g/mol. The van der Waals surface area contributed by atoms with Crippen LogP contribution < -0.4 is 0 Å². The number of allylic oxidation sites excluding steroid dienone is 10. The summed E-state index contributed by atoms with van der Waals surface area (Å²) in [7, 11) is 0. The van der Waals surface area contributed by atoms with Crippen LogP contribution in [0, 0.1) is 21.7 Å². The Morgan fingerprint density at radius 2 is 0.760 bits per heavy atom. The number of rotatable bonds is 5. The fourth-order valence-corrected chi connectivity index (χ4v) is 5.96. The van der Waals surface area contributed by atoms with E-state index >= 15 is 0 Å². The van der Waals surface area contributed by atoms with E-state index in [0.29, 0.717) is 21.4 Å². The zero-order valence-corrected chi connectivity index (χ0v) is 32.8. The molecule has 0 bridgehead atoms. The van der Waals surface area contributed by atoms with Gasteiger partial charge < -0.3 is 0 Å². The predicted molar refractivity (Wildman–Crippen MR) is 207 cm³/mol. The molecule has 2 aliphatic rings. The first-order chi connectivity index (χ1) is 23.0. The van der Waals surface area contributed by atoms with Gasteiger partial charge in [0.05, 0.1) is 23.8 Å². The van der Waals surface area contributed by atoms with Crippen LogP contribution in [0.25, 0.3) is 11.1 Å². The molecule has 6 nitrogen and oxygen atoms in total. The maximum Gasteiger partial charge on any atom is 0.186 e. The summed E-state index contributed by atoms with van der Waals surface area (Å²) in [5.74, 6) is 0.120. The van der Waals surface area contributed by atoms with E-state index in [2.05, 4.69) is 20.5 Å². The van der Waals surface area contributed by atoms with Gasteiger partial charge in [-0.25, -0.2) is 0 Å². The van der Waals surface area contributed by atoms with Crippen molar-refractivity contribution in [3.05, 3.63) is 117 Å². The quantitative estimate of drug-likeness (QED) is 0.289. The van der Waals surface area contributed by atoms with Crippen molar-refractivity contribution in [3.63, 3.8) is 0 Å². The van der Waals surface area contributed by atoms with Crippen molar-refractivity contribution in [2.24, 2.45) is 42.1 Å². The number of Topliss-reactive ketones (excluding diaryl/α,β-unsaturated/α-hetero) is 2. The van der Waals surface area contributed by atoms with Gasteiger partial charge in [0.1, 0.15) is 0 Å². The molecule has 0 aromatic heterocycles. The van der Waals surface area contributed by atoms with E-state index in [1.807, 2.05) is 120 Å². The Kier molecular flexibility index (Phi) is 11.1. The molecule has 0 fully saturated rings. The van der Waals surface area contributed by atoms with Crippen LogP contribution in [-0.2, 0) is 9.59 Å². The molecular formula is C42H48Cl2N4O2. The molecule has 0 atom stereocenters. The van der Waals surface area contributed by atoms with Gasteiger partial charge in [-0.2, -0.15) is 20.5 Å². The highest BCUT2D eigenvalue weighted by molar-refractivity contribution is 6.31. The second-order valence-electron chi connectivity index (χ2n) is 16.9. The second kappa shape index (κ2) is 14.3. The maximum absolute atomic E-state index is 13.4. The standard InChI is InChI=1S/C42H48Cl2N4O2/c1-39(2,3)31-17-25(18-32(37(31)49)40(4,5)6)23-45-47-35-21-27(43)13-15-29(35)30-16-14-28(44)22-36(30)48-46-24-26-19-33(41(7,8)9)38(50)34(20-26)42(10,11)12/h13-24H,1-12H3/b47-45+,48-46+. The van der Waals surface area contributed by atoms with E-state index in [1.54, 1.807) is 36.7 Å². The number of nitrogens with zero attached hydrogens (tertiary/aromatic N) is 4. The van der Waals surface area contributed by atoms with Crippen LogP contribution in [0.3, 0.4) is 0 Å². The van der Waals surface area contributed by atoms with Crippen molar-refractivity contribution in [2.45, 2.75) is 83.1 Å². The number of ketones is 2. The van der Waals surface area contributed by atoms with Crippen molar-refractivity contribution >= 4 is 46.1 Å². The lowest BCUT2D eigenvalue weighted by Crippen LogP contribution is -2.27. The summed E-state index contributed by atoms with van der Waals surface area (Å²) in [5.41, 5.74) is 5.69. The molecule has 8 heteroatoms. The third kappa shape index (κ3) is 9.21. The highest BCUT2D eigenvalue weighted by Gasteiger charge is 2.35. The third-order valence-electron chi connectivity index (χ3n) is 8.41. The molecule has 0 saturated heterocycles. The van der Waals surface area contributed by atoms with Crippen LogP contribution >= 0.6 is 23.2 Å². The lowest BCUT2D eigenvalue weighted by molar-refractivity contribution is -0.114. The number of hydrogen-bond donors (Lipinski definition) is 0. The molecule has 0 amide bonds. The van der Waals surface area contributed by atoms with Gasteiger partial charge in [-0.3, -0.25) is 9.59 Å². The summed E-state index contributed by atoms with van der Waals surface area (Å²) in [4.78, 5) is 26.7. The zero-order valence-electron chi connectivity index (χ0n) is 31.3. The molecule has 2 aromatic rings. The fourth-order valence-electron chi connectivity index (χ4n) is 5.63. The number of carbonyl (C=O) groups excluding carboxylic acids is 2. The maximum atomic E-state index is 13.4. The van der Waals surface area contributed by atoms with E-state index < -0.39 is 0 Å². The molecule has 2 aliphatic carbocycles. The van der Waals surface area contributed by atoms with Crippen LogP contribution in [0.15, 0.2) is 127 Å². The molecule has 0 aliphatic heterocycles. The molecule has 0 N–H and O–H groups in total. The number of azo groups is 2. The molecule has 2 aromatic carbocycles. The van der Waals surface area contributed by atoms with Gasteiger partial charge >= 0.3 is 0 Å². The molecule has 0 saturated carbocycles. The monoisotopic (exact) mass is 710 g/mol. The Morgan fingerprint density at radius 1 is 0.480 bits per heavy atom. The average Bonchev–Trinajstić information content (AvgIpc) is 2.96. The predicted octanol–water partition coefficient (Wildman–Crippen LogP) is 13.7. The van der Waals surface area contributed by atoms with Crippen molar-refractivity contribution in [1.82, 2.24) is 0 Å². The fraction of sp³-hybridized carbons (Fsp3) is 0.381. The Hall–Kier alpha value is -4.00. The number of halogens is 2. The number of benzene rings is 2. The topological polar surface area (TPSA) is 83.6 Å². The van der Waals surface area contributed by atoms with Crippen molar-refractivity contribution in [2.75, 3.05) is 0 Å². The normalized spacial score (nSPS) is 16.5. The number of hydrogen-bond acceptors (Lipinski definition) is 6. The largest absolute Gasteiger partial charge is 0.289 e. The van der Waals surface area contributed by atoms with Crippen LogP contribution in [0.1, 0.15) is 83.1 Å². The molecule has 0 heterocycles. The molecule has 50 heavy (non-hydrogen) atoms. The summed E-state index contributed by atoms with van der Waals surface area (Å²) in [5, 5.41) is 19.1. The minimum absolute atomic E-state index is 0.0598. The van der Waals surface area contributed by atoms with Gasteiger partial charge in [-0.05, 0) is 81.4 Å². The summed E-state index contributed by atoms with van der Waals surface area (Å²) in [6, 6.07) is 10.8. The number of carbonyl (C=O) groups is 2. The Balaban J connectivity index is 1.77. The molecule has 0 spiro atoms. The molecular weight excluding hydrogens is 663 g/mol. The van der Waals surface area contributed by atoms with Gasteiger partial charge in [0.2, 0.25) is 0 Å². The van der Waals surface area contributed by atoms with Crippen LogP contribution in [0.4, 0.5) is 11.4 Å². The summed E-state index contributed by atoms with van der Waals surface area (Å²) in [6.07, 6.45) is 10.9. The van der Waals surface area contributed by atoms with Gasteiger partial charge in [-0.15, -0.1) is 0 Å². The third-order valence-corrected chi connectivity index (χ3v) is 8.88. The van der Waals surface area contributed by atoms with Gasteiger partial charge in [0.15, 0.2) is 11.6 Å². The highest BCUT2D eigenvalue weighted by atomic mass is 35.5. The van der Waals surface area contributed by atoms with E-state index in [1.165, 1.54) is 0 Å². The van der Waals surface area contributed by atoms with Crippen LogP contribution in [-0.4, -0.2) is 11.6 Å². The molecule has 4 rings (SSSR count). The van der Waals surface area contributed by atoms with Crippen molar-refractivity contribution in [1.29, 1.82) is 0 Å². The Labute approximate surface area is 307 Å². The zero-order chi connectivity index (χ0) is 37.4. The first-order valence-corrected chi connectivity index (χ1v) is 17.5. The Bertz CT molecular complexity index is 1760. The second-order valence-corrected chi connectivity index (χ2v) is 17.8. The Morgan fingerprint density at radius 3 is 1.02 bits per heavy atom. The summed E-state index contributed by atoms with van der Waals surface area (Å²) >= 11 is 12.9. The smallest absolute Gasteiger partial charge is 0.186 e. The van der Waals surface area contributed by atoms with Crippen LogP contribution in [0.2, 0.25) is 10.0 Å². The first-order valence-electron chi connectivity index (χ1n) is 16.8. The lowest BCUT2D eigenvalue weighted by Gasteiger charge is -2.31. The lowest BCUT2D eigenvalue weighted by atomic mass is 9.72. The van der Waals surface area contributed by atoms with Crippen molar-refractivity contribution in [3.8, 4) is 11.1 Å². The minimum atomic E-state index is -0.335. The minimum Gasteiger partial charge on any atom is -0.289 e. The van der Waals surface area contributed by atoms with Gasteiger partial charge in [0.25, 0.3) is 0 Å². The van der Waals surface area contributed by atoms with Crippen molar-refractivity contribution < 1.29 is 9.59 Å². The van der Waals surface area contributed by atoms with Gasteiger partial charge in [0, 0.05) is 43.5 Å². The molecule has 0 unspecified atom stereocenters. The van der Waals surface area contributed by atoms with E-state index in [4.69, 9.17) is 23.2 Å². The summed E-state index contributed by atoms with van der Waals surface area (Å²) in [6.45, 7) is 24.4. The molecule has 262 valence electrons. The van der Waals surface area contributed by atoms with Gasteiger partial charge in [-0.1, -0.05) is 118 Å². The first kappa shape index (κ1) is 38.8. The van der Waals surface area contributed by atoms with E-state index in [9.17, 15) is 9.59 Å². The van der Waals surface area contributed by atoms with Crippen LogP contribution in [0.5, 0.6) is 0 Å².